The summed E-state index contributed by atoms with van der Waals surface area (Å²) in [4.78, 5) is 16.6. The number of benzene rings is 1. The number of halogens is 1. The normalized spacial score (nSPS) is 16.3. The summed E-state index contributed by atoms with van der Waals surface area (Å²) in [6.07, 6.45) is 2.68. The van der Waals surface area contributed by atoms with Crippen LogP contribution in [0.1, 0.15) is 22.5 Å². The third-order valence-corrected chi connectivity index (χ3v) is 4.29. The Morgan fingerprint density at radius 1 is 1.17 bits per heavy atom. The average molecular weight is 316 g/mol. The molecule has 2 heterocycles. The Bertz CT molecular complexity index is 685. The van der Waals surface area contributed by atoms with E-state index in [2.05, 4.69) is 10.00 Å². The molecule has 0 atom stereocenters. The molecule has 3 rings (SSSR count). The number of hydrogen-bond acceptors (Lipinski definition) is 3. The van der Waals surface area contributed by atoms with Gasteiger partial charge >= 0.3 is 0 Å². The van der Waals surface area contributed by atoms with E-state index in [1.807, 2.05) is 17.8 Å². The highest BCUT2D eigenvalue weighted by Gasteiger charge is 2.22. The van der Waals surface area contributed by atoms with E-state index in [9.17, 15) is 9.18 Å². The van der Waals surface area contributed by atoms with Crippen LogP contribution in [0.4, 0.5) is 4.39 Å². The molecule has 0 radical (unpaired) electrons. The van der Waals surface area contributed by atoms with Crippen molar-refractivity contribution in [2.45, 2.75) is 13.0 Å². The van der Waals surface area contributed by atoms with E-state index in [4.69, 9.17) is 0 Å². The van der Waals surface area contributed by atoms with Gasteiger partial charge in [0.25, 0.3) is 5.91 Å². The van der Waals surface area contributed by atoms with Crippen molar-refractivity contribution in [1.29, 1.82) is 0 Å². The van der Waals surface area contributed by atoms with Gasteiger partial charge in [-0.2, -0.15) is 5.10 Å². The number of hydrogen-bond donors (Lipinski definition) is 0. The van der Waals surface area contributed by atoms with Crippen LogP contribution in [0.25, 0.3) is 0 Å². The van der Waals surface area contributed by atoms with Gasteiger partial charge < -0.3 is 4.90 Å². The van der Waals surface area contributed by atoms with Gasteiger partial charge in [-0.15, -0.1) is 0 Å². The summed E-state index contributed by atoms with van der Waals surface area (Å²) in [7, 11) is 1.93. The summed E-state index contributed by atoms with van der Waals surface area (Å²) in [5, 5.41) is 4.18. The molecule has 5 nitrogen and oxygen atoms in total. The van der Waals surface area contributed by atoms with Crippen molar-refractivity contribution >= 4 is 5.91 Å². The summed E-state index contributed by atoms with van der Waals surface area (Å²) < 4.78 is 15.7. The quantitative estimate of drug-likeness (QED) is 0.868. The first-order chi connectivity index (χ1) is 11.1. The van der Waals surface area contributed by atoms with Crippen LogP contribution in [0.2, 0.25) is 0 Å². The molecule has 1 saturated heterocycles. The van der Waals surface area contributed by atoms with Gasteiger partial charge in [-0.25, -0.2) is 4.39 Å². The van der Waals surface area contributed by atoms with Crippen LogP contribution in [0, 0.1) is 5.82 Å². The van der Waals surface area contributed by atoms with Gasteiger partial charge in [-0.1, -0.05) is 12.1 Å². The Morgan fingerprint density at radius 2 is 2.00 bits per heavy atom. The molecule has 0 saturated carbocycles. The molecule has 0 aliphatic carbocycles. The third kappa shape index (κ3) is 3.59. The molecule has 1 amide bonds. The topological polar surface area (TPSA) is 41.4 Å². The number of amides is 1. The molecule has 1 aliphatic rings. The van der Waals surface area contributed by atoms with E-state index in [1.165, 1.54) is 6.07 Å². The Kier molecular flexibility index (Phi) is 4.71. The monoisotopic (exact) mass is 316 g/mol. The molecule has 6 heteroatoms. The van der Waals surface area contributed by atoms with Crippen LogP contribution in [0.15, 0.2) is 36.5 Å². The predicted molar refractivity (Wildman–Crippen MR) is 85.4 cm³/mol. The van der Waals surface area contributed by atoms with Crippen LogP contribution in [0.3, 0.4) is 0 Å². The van der Waals surface area contributed by atoms with Gasteiger partial charge in [0.05, 0.1) is 11.3 Å². The molecule has 0 unspecified atom stereocenters. The maximum atomic E-state index is 13.8. The molecule has 23 heavy (non-hydrogen) atoms. The lowest BCUT2D eigenvalue weighted by Crippen LogP contribution is -2.35. The molecule has 1 aromatic carbocycles. The van der Waals surface area contributed by atoms with Crippen molar-refractivity contribution in [1.82, 2.24) is 19.6 Å². The van der Waals surface area contributed by atoms with E-state index in [0.717, 1.165) is 31.7 Å². The summed E-state index contributed by atoms with van der Waals surface area (Å²) in [6.45, 7) is 3.80. The second-order valence-corrected chi connectivity index (χ2v) is 5.85. The van der Waals surface area contributed by atoms with Crippen molar-refractivity contribution in [3.8, 4) is 0 Å². The van der Waals surface area contributed by atoms with Crippen LogP contribution in [-0.2, 0) is 13.6 Å². The molecule has 0 bridgehead atoms. The minimum absolute atomic E-state index is 0.160. The van der Waals surface area contributed by atoms with Crippen LogP contribution in [-0.4, -0.2) is 51.7 Å². The predicted octanol–water partition coefficient (Wildman–Crippen LogP) is 1.91. The highest BCUT2D eigenvalue weighted by Crippen LogP contribution is 2.13. The maximum Gasteiger partial charge on any atom is 0.256 e. The summed E-state index contributed by atoms with van der Waals surface area (Å²) in [5.41, 5.74) is 1.31. The van der Waals surface area contributed by atoms with Crippen LogP contribution in [0.5, 0.6) is 0 Å². The molecule has 0 N–H and O–H groups in total. The molecular formula is C17H21FN4O. The fraction of sp³-hybridized carbons (Fsp3) is 0.412. The molecule has 1 fully saturated rings. The Balaban J connectivity index is 1.63. The lowest BCUT2D eigenvalue weighted by Gasteiger charge is -2.22. The van der Waals surface area contributed by atoms with Gasteiger partial charge in [0.15, 0.2) is 0 Å². The Morgan fingerprint density at radius 3 is 2.74 bits per heavy atom. The van der Waals surface area contributed by atoms with E-state index < -0.39 is 5.82 Å². The van der Waals surface area contributed by atoms with Gasteiger partial charge in [0, 0.05) is 46.0 Å². The zero-order valence-electron chi connectivity index (χ0n) is 13.3. The Hall–Kier alpha value is -2.21. The number of aryl methyl sites for hydroxylation is 1. The first-order valence-corrected chi connectivity index (χ1v) is 7.88. The van der Waals surface area contributed by atoms with Crippen molar-refractivity contribution < 1.29 is 9.18 Å². The van der Waals surface area contributed by atoms with Crippen LogP contribution < -0.4 is 0 Å². The fourth-order valence-electron chi connectivity index (χ4n) is 2.92. The smallest absolute Gasteiger partial charge is 0.256 e. The van der Waals surface area contributed by atoms with Crippen molar-refractivity contribution in [3.05, 3.63) is 53.6 Å². The second kappa shape index (κ2) is 6.91. The minimum atomic E-state index is -0.450. The minimum Gasteiger partial charge on any atom is -0.337 e. The van der Waals surface area contributed by atoms with Crippen LogP contribution >= 0.6 is 0 Å². The number of nitrogens with zero attached hydrogens (tertiary/aromatic N) is 4. The van der Waals surface area contributed by atoms with Gasteiger partial charge in [-0.3, -0.25) is 14.4 Å². The number of aromatic nitrogens is 2. The molecular weight excluding hydrogens is 295 g/mol. The number of rotatable bonds is 3. The zero-order valence-corrected chi connectivity index (χ0v) is 13.3. The average Bonchev–Trinajstić information content (AvgIpc) is 2.81. The maximum absolute atomic E-state index is 13.8. The van der Waals surface area contributed by atoms with Gasteiger partial charge in [0.2, 0.25) is 0 Å². The van der Waals surface area contributed by atoms with Gasteiger partial charge in [0.1, 0.15) is 5.82 Å². The van der Waals surface area contributed by atoms with Crippen molar-refractivity contribution in [2.75, 3.05) is 26.2 Å². The van der Waals surface area contributed by atoms with E-state index >= 15 is 0 Å². The molecule has 1 aromatic heterocycles. The third-order valence-electron chi connectivity index (χ3n) is 4.29. The highest BCUT2D eigenvalue weighted by atomic mass is 19.1. The molecule has 2 aromatic rings. The fourth-order valence-corrected chi connectivity index (χ4v) is 2.92. The molecule has 1 aliphatic heterocycles. The first-order valence-electron chi connectivity index (χ1n) is 7.88. The first kappa shape index (κ1) is 15.7. The summed E-state index contributed by atoms with van der Waals surface area (Å²) in [6, 6.07) is 8.19. The Labute approximate surface area is 135 Å². The second-order valence-electron chi connectivity index (χ2n) is 5.85. The largest absolute Gasteiger partial charge is 0.337 e. The lowest BCUT2D eigenvalue weighted by molar-refractivity contribution is 0.0756. The summed E-state index contributed by atoms with van der Waals surface area (Å²) >= 11 is 0. The molecule has 122 valence electrons. The standard InChI is InChI=1S/C17H21FN4O/c1-20-14(7-8-19-20)13-21-9-4-10-22(12-11-21)17(23)15-5-2-3-6-16(15)18/h2-3,5-8H,4,9-13H2,1H3. The van der Waals surface area contributed by atoms with E-state index in [-0.39, 0.29) is 11.5 Å². The summed E-state index contributed by atoms with van der Waals surface area (Å²) in [5.74, 6) is -0.668. The number of carbonyl (C=O) groups excluding carboxylic acids is 1. The van der Waals surface area contributed by atoms with Gasteiger partial charge in [-0.05, 0) is 24.6 Å². The van der Waals surface area contributed by atoms with E-state index in [1.54, 1.807) is 29.3 Å². The molecule has 0 spiro atoms. The van der Waals surface area contributed by atoms with Crippen molar-refractivity contribution in [3.63, 3.8) is 0 Å². The SMILES string of the molecule is Cn1nccc1CN1CCCN(C(=O)c2ccccc2F)CC1. The van der Waals surface area contributed by atoms with Crippen molar-refractivity contribution in [2.24, 2.45) is 7.05 Å². The lowest BCUT2D eigenvalue weighted by atomic mass is 10.2. The zero-order chi connectivity index (χ0) is 16.2. The highest BCUT2D eigenvalue weighted by molar-refractivity contribution is 5.94. The number of carbonyl (C=O) groups is 1. The van der Waals surface area contributed by atoms with E-state index in [0.29, 0.717) is 13.1 Å².